The molecule has 0 saturated carbocycles. The number of nitrogens with one attached hydrogen (secondary N) is 1. The Kier molecular flexibility index (Phi) is 5.10. The van der Waals surface area contributed by atoms with Crippen LogP contribution < -0.4 is 14.8 Å². The number of halogens is 1. The van der Waals surface area contributed by atoms with E-state index in [-0.39, 0.29) is 11.7 Å². The summed E-state index contributed by atoms with van der Waals surface area (Å²) in [5.74, 6) is 0.562. The lowest BCUT2D eigenvalue weighted by molar-refractivity contribution is -0.116. The summed E-state index contributed by atoms with van der Waals surface area (Å²) in [4.78, 5) is 16.9. The first-order valence-corrected chi connectivity index (χ1v) is 11.1. The van der Waals surface area contributed by atoms with Gasteiger partial charge in [-0.15, -0.1) is 0 Å². The molecule has 1 aliphatic heterocycles. The van der Waals surface area contributed by atoms with Crippen molar-refractivity contribution in [1.82, 2.24) is 9.55 Å². The van der Waals surface area contributed by atoms with Gasteiger partial charge in [0.25, 0.3) is 0 Å². The summed E-state index contributed by atoms with van der Waals surface area (Å²) in [6.07, 6.45) is 1.80. The van der Waals surface area contributed by atoms with Crippen LogP contribution in [0.3, 0.4) is 0 Å². The molecule has 0 bridgehead atoms. The second-order valence-corrected chi connectivity index (χ2v) is 8.94. The Balaban J connectivity index is 1.64. The van der Waals surface area contributed by atoms with E-state index in [1.54, 1.807) is 36.4 Å². The monoisotopic (exact) mass is 435 g/mol. The molecular weight excluding hydrogens is 418 g/mol. The minimum absolute atomic E-state index is 0.168. The summed E-state index contributed by atoms with van der Waals surface area (Å²) in [6.45, 7) is 0.783. The highest BCUT2D eigenvalue weighted by Crippen LogP contribution is 2.37. The molecular formula is C19H18ClN3O5S. The van der Waals surface area contributed by atoms with Crippen LogP contribution >= 0.6 is 11.6 Å². The number of rotatable bonds is 4. The Bertz CT molecular complexity index is 1210. The van der Waals surface area contributed by atoms with E-state index in [1.165, 1.54) is 4.57 Å². The topological polar surface area (TPSA) is 99.5 Å². The van der Waals surface area contributed by atoms with Crippen LogP contribution in [0.25, 0.3) is 11.0 Å². The van der Waals surface area contributed by atoms with Gasteiger partial charge >= 0.3 is 0 Å². The third-order valence-electron chi connectivity index (χ3n) is 4.36. The number of carbonyl (C=O) groups is 1. The normalized spacial score (nSPS) is 13.9. The number of sulfone groups is 1. The zero-order chi connectivity index (χ0) is 20.6. The highest BCUT2D eigenvalue weighted by molar-refractivity contribution is 7.90. The summed E-state index contributed by atoms with van der Waals surface area (Å²) in [7, 11) is -3.63. The molecule has 2 heterocycles. The number of carbonyl (C=O) groups excluding carboxylic acids is 1. The molecule has 10 heteroatoms. The standard InChI is InChI=1S/C19H18ClN3O5S/c1-29(25,26)19-22-13-5-2-3-6-15(13)23(19)11-18(24)21-14-10-17-16(9-12(14)20)27-7-4-8-28-17/h2-3,5-6,9-10H,4,7-8,11H2,1H3,(H,21,24). The maximum Gasteiger partial charge on any atom is 0.244 e. The zero-order valence-corrected chi connectivity index (χ0v) is 17.1. The third-order valence-corrected chi connectivity index (χ3v) is 5.65. The smallest absolute Gasteiger partial charge is 0.244 e. The summed E-state index contributed by atoms with van der Waals surface area (Å²) in [6, 6.07) is 10.1. The fraction of sp³-hybridized carbons (Fsp3) is 0.263. The fourth-order valence-electron chi connectivity index (χ4n) is 3.10. The van der Waals surface area contributed by atoms with Crippen LogP contribution in [-0.4, -0.2) is 43.3 Å². The van der Waals surface area contributed by atoms with Crippen LogP contribution in [0, 0.1) is 0 Å². The molecule has 0 unspecified atom stereocenters. The molecule has 0 radical (unpaired) electrons. The number of aromatic nitrogens is 2. The van der Waals surface area contributed by atoms with Crippen molar-refractivity contribution in [3.05, 3.63) is 41.4 Å². The number of ether oxygens (including phenoxy) is 2. The Labute approximate surface area is 172 Å². The van der Waals surface area contributed by atoms with Gasteiger partial charge in [-0.1, -0.05) is 23.7 Å². The second kappa shape index (κ2) is 7.57. The van der Waals surface area contributed by atoms with Crippen LogP contribution in [0.15, 0.2) is 41.6 Å². The molecule has 1 aromatic heterocycles. The number of hydrogen-bond acceptors (Lipinski definition) is 6. The van der Waals surface area contributed by atoms with Crippen molar-refractivity contribution in [3.8, 4) is 11.5 Å². The van der Waals surface area contributed by atoms with E-state index in [9.17, 15) is 13.2 Å². The number of fused-ring (bicyclic) bond motifs is 2. The van der Waals surface area contributed by atoms with Gasteiger partial charge in [0.1, 0.15) is 6.54 Å². The highest BCUT2D eigenvalue weighted by Gasteiger charge is 2.22. The van der Waals surface area contributed by atoms with E-state index in [1.807, 2.05) is 0 Å². The largest absolute Gasteiger partial charge is 0.490 e. The summed E-state index contributed by atoms with van der Waals surface area (Å²) in [5, 5.41) is 2.84. The lowest BCUT2D eigenvalue weighted by Gasteiger charge is -2.13. The van der Waals surface area contributed by atoms with Gasteiger partial charge in [0.15, 0.2) is 11.5 Å². The van der Waals surface area contributed by atoms with E-state index in [4.69, 9.17) is 21.1 Å². The van der Waals surface area contributed by atoms with Gasteiger partial charge in [0, 0.05) is 24.8 Å². The molecule has 0 spiro atoms. The molecule has 8 nitrogen and oxygen atoms in total. The number of para-hydroxylation sites is 2. The van der Waals surface area contributed by atoms with Crippen molar-refractivity contribution >= 4 is 44.1 Å². The van der Waals surface area contributed by atoms with E-state index < -0.39 is 15.7 Å². The summed E-state index contributed by atoms with van der Waals surface area (Å²) >= 11 is 6.27. The quantitative estimate of drug-likeness (QED) is 0.676. The van der Waals surface area contributed by atoms with Gasteiger partial charge in [-0.2, -0.15) is 0 Å². The van der Waals surface area contributed by atoms with Gasteiger partial charge in [-0.3, -0.25) is 4.79 Å². The van der Waals surface area contributed by atoms with Gasteiger partial charge in [0.2, 0.25) is 20.9 Å². The molecule has 0 atom stereocenters. The SMILES string of the molecule is CS(=O)(=O)c1nc2ccccc2n1CC(=O)Nc1cc2c(cc1Cl)OCCCO2. The van der Waals surface area contributed by atoms with Gasteiger partial charge in [0.05, 0.1) is 35.0 Å². The van der Waals surface area contributed by atoms with Crippen LogP contribution in [0.1, 0.15) is 6.42 Å². The molecule has 2 aromatic carbocycles. The average Bonchev–Trinajstić information content (AvgIpc) is 2.88. The van der Waals surface area contributed by atoms with Crippen molar-refractivity contribution in [2.24, 2.45) is 0 Å². The number of imidazole rings is 1. The summed E-state index contributed by atoms with van der Waals surface area (Å²) in [5.41, 5.74) is 1.40. The minimum Gasteiger partial charge on any atom is -0.490 e. The third kappa shape index (κ3) is 4.01. The van der Waals surface area contributed by atoms with Gasteiger partial charge < -0.3 is 19.4 Å². The molecule has 4 rings (SSSR count). The van der Waals surface area contributed by atoms with E-state index in [0.717, 1.165) is 12.7 Å². The first-order valence-electron chi connectivity index (χ1n) is 8.87. The second-order valence-electron chi connectivity index (χ2n) is 6.62. The average molecular weight is 436 g/mol. The van der Waals surface area contributed by atoms with Crippen LogP contribution in [0.4, 0.5) is 5.69 Å². The maximum absolute atomic E-state index is 12.7. The molecule has 1 aliphatic rings. The van der Waals surface area contributed by atoms with Crippen molar-refractivity contribution in [2.75, 3.05) is 24.8 Å². The zero-order valence-electron chi connectivity index (χ0n) is 15.5. The number of nitrogens with zero attached hydrogens (tertiary/aromatic N) is 2. The number of benzene rings is 2. The molecule has 0 fully saturated rings. The predicted molar refractivity (Wildman–Crippen MR) is 109 cm³/mol. The highest BCUT2D eigenvalue weighted by atomic mass is 35.5. The molecule has 3 aromatic rings. The molecule has 0 aliphatic carbocycles. The van der Waals surface area contributed by atoms with Crippen LogP contribution in [-0.2, 0) is 21.2 Å². The predicted octanol–water partition coefficient (Wildman–Crippen LogP) is 2.89. The van der Waals surface area contributed by atoms with Crippen LogP contribution in [0.2, 0.25) is 5.02 Å². The first-order chi connectivity index (χ1) is 13.8. The number of anilines is 1. The van der Waals surface area contributed by atoms with E-state index in [2.05, 4.69) is 10.3 Å². The first kappa shape index (κ1) is 19.5. The number of hydrogen-bond donors (Lipinski definition) is 1. The summed E-state index contributed by atoms with van der Waals surface area (Å²) < 4.78 is 36.9. The van der Waals surface area contributed by atoms with E-state index in [0.29, 0.717) is 46.5 Å². The molecule has 1 N–H and O–H groups in total. The minimum atomic E-state index is -3.63. The Hall–Kier alpha value is -2.78. The Morgan fingerprint density at radius 3 is 2.62 bits per heavy atom. The lowest BCUT2D eigenvalue weighted by atomic mass is 10.2. The molecule has 1 amide bonds. The van der Waals surface area contributed by atoms with E-state index >= 15 is 0 Å². The van der Waals surface area contributed by atoms with Crippen molar-refractivity contribution in [1.29, 1.82) is 0 Å². The maximum atomic E-state index is 12.7. The van der Waals surface area contributed by atoms with Gasteiger partial charge in [-0.25, -0.2) is 13.4 Å². The molecule has 29 heavy (non-hydrogen) atoms. The Morgan fingerprint density at radius 1 is 1.21 bits per heavy atom. The molecule has 0 saturated heterocycles. The number of amides is 1. The van der Waals surface area contributed by atoms with Crippen molar-refractivity contribution < 1.29 is 22.7 Å². The fourth-order valence-corrected chi connectivity index (χ4v) is 4.13. The van der Waals surface area contributed by atoms with Crippen molar-refractivity contribution in [2.45, 2.75) is 18.1 Å². The van der Waals surface area contributed by atoms with Gasteiger partial charge in [-0.05, 0) is 12.1 Å². The lowest BCUT2D eigenvalue weighted by Crippen LogP contribution is -2.21. The molecule has 152 valence electrons. The van der Waals surface area contributed by atoms with Crippen molar-refractivity contribution in [3.63, 3.8) is 0 Å². The van der Waals surface area contributed by atoms with Crippen LogP contribution in [0.5, 0.6) is 11.5 Å². The Morgan fingerprint density at radius 2 is 1.90 bits per heavy atom.